The van der Waals surface area contributed by atoms with Crippen molar-refractivity contribution < 1.29 is 9.90 Å². The van der Waals surface area contributed by atoms with Crippen LogP contribution in [0.5, 0.6) is 0 Å². The lowest BCUT2D eigenvalue weighted by Crippen LogP contribution is -2.49. The number of H-pyrrole nitrogens is 1. The number of rotatable bonds is 4. The zero-order chi connectivity index (χ0) is 18.8. The third kappa shape index (κ3) is 3.58. The zero-order valence-corrected chi connectivity index (χ0v) is 15.4. The molecule has 27 heavy (non-hydrogen) atoms. The maximum atomic E-state index is 11.9. The number of para-hydroxylation sites is 2. The first kappa shape index (κ1) is 17.7. The van der Waals surface area contributed by atoms with E-state index in [9.17, 15) is 4.79 Å². The number of piperazine rings is 1. The number of carbonyl (C=O) groups is 1. The molecule has 1 aromatic carbocycles. The third-order valence-electron chi connectivity index (χ3n) is 4.59. The second-order valence-corrected chi connectivity index (χ2v) is 6.72. The van der Waals surface area contributed by atoms with Crippen molar-refractivity contribution in [3.63, 3.8) is 0 Å². The Morgan fingerprint density at radius 1 is 1.19 bits per heavy atom. The van der Waals surface area contributed by atoms with Gasteiger partial charge >= 0.3 is 0 Å². The van der Waals surface area contributed by atoms with E-state index in [0.717, 1.165) is 11.0 Å². The van der Waals surface area contributed by atoms with Crippen LogP contribution in [0.3, 0.4) is 0 Å². The minimum atomic E-state index is -0.125. The number of amides is 1. The Morgan fingerprint density at radius 2 is 1.96 bits per heavy atom. The van der Waals surface area contributed by atoms with Crippen molar-refractivity contribution in [2.45, 2.75) is 6.42 Å². The molecule has 0 aliphatic carbocycles. The van der Waals surface area contributed by atoms with Gasteiger partial charge in [-0.15, -0.1) is 0 Å². The first-order valence-corrected chi connectivity index (χ1v) is 9.15. The largest absolute Gasteiger partial charge is 0.396 e. The lowest BCUT2D eigenvalue weighted by molar-refractivity contribution is -0.132. The molecule has 3 heterocycles. The van der Waals surface area contributed by atoms with Gasteiger partial charge in [0.05, 0.1) is 28.9 Å². The highest BCUT2D eigenvalue weighted by Gasteiger charge is 2.23. The van der Waals surface area contributed by atoms with E-state index in [1.54, 1.807) is 11.1 Å². The number of benzene rings is 1. The van der Waals surface area contributed by atoms with Gasteiger partial charge in [0.25, 0.3) is 0 Å². The Hall–Kier alpha value is -2.71. The van der Waals surface area contributed by atoms with Gasteiger partial charge in [-0.3, -0.25) is 4.79 Å². The minimum Gasteiger partial charge on any atom is -0.396 e. The average Bonchev–Trinajstić information content (AvgIpc) is 3.12. The maximum Gasteiger partial charge on any atom is 0.226 e. The summed E-state index contributed by atoms with van der Waals surface area (Å²) in [5, 5.41) is 9.34. The number of anilines is 1. The van der Waals surface area contributed by atoms with Gasteiger partial charge in [0, 0.05) is 32.6 Å². The quantitative estimate of drug-likeness (QED) is 0.708. The van der Waals surface area contributed by atoms with E-state index in [2.05, 4.69) is 19.9 Å². The molecule has 3 aromatic rings. The molecule has 140 valence electrons. The van der Waals surface area contributed by atoms with Crippen molar-refractivity contribution in [3.05, 3.63) is 35.5 Å². The molecule has 1 saturated heterocycles. The number of fused-ring (bicyclic) bond motifs is 1. The number of aliphatic hydroxyl groups is 1. The number of halogens is 1. The van der Waals surface area contributed by atoms with Crippen molar-refractivity contribution in [1.82, 2.24) is 24.8 Å². The highest BCUT2D eigenvalue weighted by Crippen LogP contribution is 2.27. The molecule has 0 radical (unpaired) electrons. The summed E-state index contributed by atoms with van der Waals surface area (Å²) in [5.41, 5.74) is 2.32. The standard InChI is InChI=1S/C18H19ClN6O2/c19-12-11-20-18(25-8-6-24(7-9-25)15(27)5-10-26)23-16(12)17-21-13-3-1-2-4-14(13)22-17/h1-4,11,26H,5-10H2,(H,21,22). The van der Waals surface area contributed by atoms with Crippen LogP contribution in [-0.4, -0.2) is 68.6 Å². The topological polar surface area (TPSA) is 98.2 Å². The van der Waals surface area contributed by atoms with Crippen molar-refractivity contribution in [2.75, 3.05) is 37.7 Å². The van der Waals surface area contributed by atoms with Crippen molar-refractivity contribution in [2.24, 2.45) is 0 Å². The van der Waals surface area contributed by atoms with Crippen LogP contribution >= 0.6 is 11.6 Å². The van der Waals surface area contributed by atoms with Gasteiger partial charge in [-0.2, -0.15) is 0 Å². The highest BCUT2D eigenvalue weighted by atomic mass is 35.5. The van der Waals surface area contributed by atoms with E-state index in [1.165, 1.54) is 0 Å². The second kappa shape index (κ2) is 7.50. The summed E-state index contributed by atoms with van der Waals surface area (Å²) in [5.74, 6) is 1.13. The smallest absolute Gasteiger partial charge is 0.226 e. The van der Waals surface area contributed by atoms with E-state index >= 15 is 0 Å². The average molecular weight is 387 g/mol. The summed E-state index contributed by atoms with van der Waals surface area (Å²) in [6.45, 7) is 2.27. The molecule has 0 saturated carbocycles. The number of nitrogens with one attached hydrogen (secondary N) is 1. The predicted molar refractivity (Wildman–Crippen MR) is 103 cm³/mol. The molecule has 0 bridgehead atoms. The van der Waals surface area contributed by atoms with E-state index in [0.29, 0.717) is 48.7 Å². The minimum absolute atomic E-state index is 0.0304. The number of aromatic amines is 1. The lowest BCUT2D eigenvalue weighted by atomic mass is 10.3. The molecule has 1 amide bonds. The Kier molecular flexibility index (Phi) is 4.91. The molecular formula is C18H19ClN6O2. The summed E-state index contributed by atoms with van der Waals surface area (Å²) in [4.78, 5) is 32.4. The van der Waals surface area contributed by atoms with Gasteiger partial charge in [0.2, 0.25) is 11.9 Å². The van der Waals surface area contributed by atoms with Crippen molar-refractivity contribution in [3.8, 4) is 11.5 Å². The molecule has 2 aromatic heterocycles. The van der Waals surface area contributed by atoms with E-state index < -0.39 is 0 Å². The predicted octanol–water partition coefficient (Wildman–Crippen LogP) is 1.70. The fourth-order valence-corrected chi connectivity index (χ4v) is 3.33. The van der Waals surface area contributed by atoms with Crippen LogP contribution < -0.4 is 4.90 Å². The molecule has 0 atom stereocenters. The maximum absolute atomic E-state index is 11.9. The fraction of sp³-hybridized carbons (Fsp3) is 0.333. The van der Waals surface area contributed by atoms with Crippen LogP contribution in [0.1, 0.15) is 6.42 Å². The van der Waals surface area contributed by atoms with E-state index in [-0.39, 0.29) is 18.9 Å². The van der Waals surface area contributed by atoms with Crippen LogP contribution in [0.25, 0.3) is 22.6 Å². The first-order valence-electron chi connectivity index (χ1n) is 8.77. The normalized spacial score (nSPS) is 14.7. The first-order chi connectivity index (χ1) is 13.2. The Bertz CT molecular complexity index is 934. The molecule has 4 rings (SSSR count). The number of aromatic nitrogens is 4. The summed E-state index contributed by atoms with van der Waals surface area (Å²) in [6, 6.07) is 7.74. The summed E-state index contributed by atoms with van der Waals surface area (Å²) in [6.07, 6.45) is 1.74. The van der Waals surface area contributed by atoms with Gasteiger partial charge in [-0.25, -0.2) is 15.0 Å². The SMILES string of the molecule is O=C(CCO)N1CCN(c2ncc(Cl)c(-c3nc4ccccc4[nH]3)n2)CC1. The number of hydrogen-bond acceptors (Lipinski definition) is 6. The van der Waals surface area contributed by atoms with Crippen LogP contribution in [-0.2, 0) is 4.79 Å². The van der Waals surface area contributed by atoms with Gasteiger partial charge < -0.3 is 19.9 Å². The monoisotopic (exact) mass is 386 g/mol. The molecule has 1 fully saturated rings. The van der Waals surface area contributed by atoms with E-state index in [1.807, 2.05) is 29.2 Å². The number of imidazole rings is 1. The van der Waals surface area contributed by atoms with Gasteiger partial charge in [-0.05, 0) is 12.1 Å². The van der Waals surface area contributed by atoms with Crippen LogP contribution in [0.15, 0.2) is 30.5 Å². The fourth-order valence-electron chi connectivity index (χ4n) is 3.15. The van der Waals surface area contributed by atoms with E-state index in [4.69, 9.17) is 16.7 Å². The second-order valence-electron chi connectivity index (χ2n) is 6.31. The Labute approximate surface area is 160 Å². The highest BCUT2D eigenvalue weighted by molar-refractivity contribution is 6.32. The molecule has 0 spiro atoms. The van der Waals surface area contributed by atoms with Gasteiger partial charge in [0.15, 0.2) is 5.82 Å². The van der Waals surface area contributed by atoms with Crippen molar-refractivity contribution >= 4 is 34.5 Å². The Balaban J connectivity index is 1.55. The number of carbonyl (C=O) groups excluding carboxylic acids is 1. The third-order valence-corrected chi connectivity index (χ3v) is 4.86. The number of hydrogen-bond donors (Lipinski definition) is 2. The lowest BCUT2D eigenvalue weighted by Gasteiger charge is -2.34. The Morgan fingerprint density at radius 3 is 2.70 bits per heavy atom. The molecular weight excluding hydrogens is 368 g/mol. The summed E-state index contributed by atoms with van der Waals surface area (Å²) in [7, 11) is 0. The zero-order valence-electron chi connectivity index (χ0n) is 14.6. The van der Waals surface area contributed by atoms with Crippen LogP contribution in [0.4, 0.5) is 5.95 Å². The number of aliphatic hydroxyl groups excluding tert-OH is 1. The van der Waals surface area contributed by atoms with Crippen molar-refractivity contribution in [1.29, 1.82) is 0 Å². The summed E-state index contributed by atoms with van der Waals surface area (Å²) < 4.78 is 0. The van der Waals surface area contributed by atoms with Gasteiger partial charge in [-0.1, -0.05) is 23.7 Å². The molecule has 8 nitrogen and oxygen atoms in total. The van der Waals surface area contributed by atoms with Gasteiger partial charge in [0.1, 0.15) is 5.69 Å². The van der Waals surface area contributed by atoms with Crippen LogP contribution in [0, 0.1) is 0 Å². The molecule has 0 unspecified atom stereocenters. The van der Waals surface area contributed by atoms with Crippen LogP contribution in [0.2, 0.25) is 5.02 Å². The molecule has 1 aliphatic rings. The molecule has 9 heteroatoms. The number of nitrogens with zero attached hydrogens (tertiary/aromatic N) is 5. The molecule has 1 aliphatic heterocycles. The summed E-state index contributed by atoms with van der Waals surface area (Å²) >= 11 is 6.32. The molecule has 2 N–H and O–H groups in total.